The summed E-state index contributed by atoms with van der Waals surface area (Å²) in [5.41, 5.74) is 2.79. The first-order valence-electron chi connectivity index (χ1n) is 7.67. The average molecular weight is 274 g/mol. The molecular weight excluding hydrogens is 252 g/mol. The normalized spacial score (nSPS) is 26.9. The summed E-state index contributed by atoms with van der Waals surface area (Å²) in [7, 11) is 0. The molecule has 1 aromatic rings. The van der Waals surface area contributed by atoms with Crippen LogP contribution in [0.4, 0.5) is 0 Å². The molecule has 4 nitrogen and oxygen atoms in total. The lowest BCUT2D eigenvalue weighted by Gasteiger charge is -2.43. The van der Waals surface area contributed by atoms with E-state index in [4.69, 9.17) is 9.47 Å². The molecule has 108 valence electrons. The molecule has 4 heteroatoms. The molecule has 3 aliphatic heterocycles. The monoisotopic (exact) mass is 274 g/mol. The lowest BCUT2D eigenvalue weighted by Crippen LogP contribution is -2.57. The fraction of sp³-hybridized carbons (Fsp3) is 0.625. The molecule has 0 N–H and O–H groups in total. The molecule has 20 heavy (non-hydrogen) atoms. The highest BCUT2D eigenvalue weighted by atomic mass is 16.5. The van der Waals surface area contributed by atoms with Gasteiger partial charge in [0.2, 0.25) is 0 Å². The third-order valence-electron chi connectivity index (χ3n) is 4.68. The standard InChI is InChI=1S/C16H22N2O2/c1-2-16-14(3-7-20-16)9-13(1)10-17-4-5-18-6-8-19-12-15(18)11-17/h1-2,9,15H,3-8,10-12H2/t15-/m1/s1. The van der Waals surface area contributed by atoms with Gasteiger partial charge in [-0.05, 0) is 17.2 Å². The van der Waals surface area contributed by atoms with Gasteiger partial charge in [0.15, 0.2) is 0 Å². The highest BCUT2D eigenvalue weighted by Crippen LogP contribution is 2.26. The van der Waals surface area contributed by atoms with Crippen molar-refractivity contribution in [3.63, 3.8) is 0 Å². The Bertz CT molecular complexity index is 491. The number of nitrogens with zero attached hydrogens (tertiary/aromatic N) is 2. The van der Waals surface area contributed by atoms with Crippen molar-refractivity contribution in [3.05, 3.63) is 29.3 Å². The molecule has 0 amide bonds. The van der Waals surface area contributed by atoms with Gasteiger partial charge in [-0.1, -0.05) is 12.1 Å². The summed E-state index contributed by atoms with van der Waals surface area (Å²) in [5.74, 6) is 1.08. The SMILES string of the molecule is c1cc2c(cc1CN1CCN3CCOC[C@H]3C1)CCO2. The number of rotatable bonds is 2. The number of fused-ring (bicyclic) bond motifs is 2. The molecule has 2 saturated heterocycles. The van der Waals surface area contributed by atoms with Crippen LogP contribution in [-0.2, 0) is 17.7 Å². The van der Waals surface area contributed by atoms with Crippen LogP contribution >= 0.6 is 0 Å². The van der Waals surface area contributed by atoms with Crippen LogP contribution < -0.4 is 4.74 Å². The van der Waals surface area contributed by atoms with Crippen molar-refractivity contribution in [3.8, 4) is 5.75 Å². The summed E-state index contributed by atoms with van der Waals surface area (Å²) in [6, 6.07) is 7.27. The minimum Gasteiger partial charge on any atom is -0.493 e. The van der Waals surface area contributed by atoms with Crippen LogP contribution in [0, 0.1) is 0 Å². The highest BCUT2D eigenvalue weighted by Gasteiger charge is 2.29. The van der Waals surface area contributed by atoms with Crippen molar-refractivity contribution in [2.45, 2.75) is 19.0 Å². The number of morpholine rings is 1. The molecule has 1 atom stereocenters. The molecule has 2 fully saturated rings. The van der Waals surface area contributed by atoms with Gasteiger partial charge in [-0.2, -0.15) is 0 Å². The Labute approximate surface area is 120 Å². The minimum absolute atomic E-state index is 0.593. The first-order valence-corrected chi connectivity index (χ1v) is 7.67. The second-order valence-corrected chi connectivity index (χ2v) is 6.04. The number of hydrogen-bond donors (Lipinski definition) is 0. The van der Waals surface area contributed by atoms with Crippen LogP contribution in [0.15, 0.2) is 18.2 Å². The smallest absolute Gasteiger partial charge is 0.122 e. The molecule has 0 unspecified atom stereocenters. The molecule has 4 rings (SSSR count). The van der Waals surface area contributed by atoms with Crippen LogP contribution in [0.5, 0.6) is 5.75 Å². The van der Waals surface area contributed by atoms with E-state index in [0.717, 1.165) is 51.6 Å². The van der Waals surface area contributed by atoms with E-state index in [1.165, 1.54) is 24.2 Å². The van der Waals surface area contributed by atoms with E-state index in [0.29, 0.717) is 6.04 Å². The lowest BCUT2D eigenvalue weighted by atomic mass is 10.1. The molecule has 0 aliphatic carbocycles. The summed E-state index contributed by atoms with van der Waals surface area (Å²) >= 11 is 0. The topological polar surface area (TPSA) is 24.9 Å². The van der Waals surface area contributed by atoms with Gasteiger partial charge in [0.25, 0.3) is 0 Å². The van der Waals surface area contributed by atoms with E-state index in [1.54, 1.807) is 0 Å². The first kappa shape index (κ1) is 12.6. The Hall–Kier alpha value is -1.10. The van der Waals surface area contributed by atoms with Crippen molar-refractivity contribution in [1.29, 1.82) is 0 Å². The van der Waals surface area contributed by atoms with Gasteiger partial charge in [-0.3, -0.25) is 9.80 Å². The van der Waals surface area contributed by atoms with E-state index < -0.39 is 0 Å². The van der Waals surface area contributed by atoms with Gasteiger partial charge >= 0.3 is 0 Å². The zero-order chi connectivity index (χ0) is 13.4. The maximum absolute atomic E-state index is 5.61. The summed E-state index contributed by atoms with van der Waals surface area (Å²) in [6.07, 6.45) is 1.06. The summed E-state index contributed by atoms with van der Waals surface area (Å²) < 4.78 is 11.2. The van der Waals surface area contributed by atoms with Crippen molar-refractivity contribution >= 4 is 0 Å². The number of piperazine rings is 1. The predicted octanol–water partition coefficient (Wildman–Crippen LogP) is 1.14. The van der Waals surface area contributed by atoms with E-state index in [9.17, 15) is 0 Å². The largest absolute Gasteiger partial charge is 0.493 e. The van der Waals surface area contributed by atoms with Crippen molar-refractivity contribution in [2.24, 2.45) is 0 Å². The van der Waals surface area contributed by atoms with E-state index in [2.05, 4.69) is 28.0 Å². The minimum atomic E-state index is 0.593. The Morgan fingerprint density at radius 2 is 2.15 bits per heavy atom. The summed E-state index contributed by atoms with van der Waals surface area (Å²) in [5, 5.41) is 0. The summed E-state index contributed by atoms with van der Waals surface area (Å²) in [6.45, 7) is 8.29. The fourth-order valence-electron chi connectivity index (χ4n) is 3.55. The van der Waals surface area contributed by atoms with Gasteiger partial charge < -0.3 is 9.47 Å². The molecule has 3 heterocycles. The second kappa shape index (κ2) is 5.35. The molecule has 0 saturated carbocycles. The van der Waals surface area contributed by atoms with Gasteiger partial charge in [-0.25, -0.2) is 0 Å². The third-order valence-corrected chi connectivity index (χ3v) is 4.68. The fourth-order valence-corrected chi connectivity index (χ4v) is 3.55. The van der Waals surface area contributed by atoms with Crippen molar-refractivity contribution < 1.29 is 9.47 Å². The number of benzene rings is 1. The Morgan fingerprint density at radius 3 is 3.15 bits per heavy atom. The van der Waals surface area contributed by atoms with Gasteiger partial charge in [0.1, 0.15) is 5.75 Å². The highest BCUT2D eigenvalue weighted by molar-refractivity contribution is 5.39. The lowest BCUT2D eigenvalue weighted by molar-refractivity contribution is -0.0461. The van der Waals surface area contributed by atoms with Gasteiger partial charge in [0, 0.05) is 45.2 Å². The Balaban J connectivity index is 1.41. The molecule has 3 aliphatic rings. The van der Waals surface area contributed by atoms with Crippen molar-refractivity contribution in [2.75, 3.05) is 46.0 Å². The second-order valence-electron chi connectivity index (χ2n) is 6.04. The number of ether oxygens (including phenoxy) is 2. The summed E-state index contributed by atoms with van der Waals surface area (Å²) in [4.78, 5) is 5.14. The van der Waals surface area contributed by atoms with E-state index in [-0.39, 0.29) is 0 Å². The molecule has 0 aromatic heterocycles. The van der Waals surface area contributed by atoms with Crippen LogP contribution in [0.2, 0.25) is 0 Å². The zero-order valence-corrected chi connectivity index (χ0v) is 11.9. The number of hydrogen-bond acceptors (Lipinski definition) is 4. The van der Waals surface area contributed by atoms with Crippen molar-refractivity contribution in [1.82, 2.24) is 9.80 Å². The van der Waals surface area contributed by atoms with E-state index >= 15 is 0 Å². The molecule has 1 aromatic carbocycles. The average Bonchev–Trinajstić information content (AvgIpc) is 2.95. The Kier molecular flexibility index (Phi) is 3.38. The molecular formula is C16H22N2O2. The van der Waals surface area contributed by atoms with Crippen LogP contribution in [0.1, 0.15) is 11.1 Å². The van der Waals surface area contributed by atoms with Crippen LogP contribution in [0.3, 0.4) is 0 Å². The quantitative estimate of drug-likeness (QED) is 0.807. The predicted molar refractivity (Wildman–Crippen MR) is 77.1 cm³/mol. The molecule has 0 bridgehead atoms. The first-order chi connectivity index (χ1) is 9.88. The maximum atomic E-state index is 5.61. The van der Waals surface area contributed by atoms with Gasteiger partial charge in [-0.15, -0.1) is 0 Å². The third kappa shape index (κ3) is 2.43. The maximum Gasteiger partial charge on any atom is 0.122 e. The molecule has 0 radical (unpaired) electrons. The Morgan fingerprint density at radius 1 is 1.15 bits per heavy atom. The zero-order valence-electron chi connectivity index (χ0n) is 11.9. The van der Waals surface area contributed by atoms with Crippen LogP contribution in [0.25, 0.3) is 0 Å². The van der Waals surface area contributed by atoms with Gasteiger partial charge in [0.05, 0.1) is 19.8 Å². The molecule has 0 spiro atoms. The van der Waals surface area contributed by atoms with Crippen LogP contribution in [-0.4, -0.2) is 61.8 Å². The van der Waals surface area contributed by atoms with E-state index in [1.807, 2.05) is 0 Å².